The average molecular weight is 367 g/mol. The van der Waals surface area contributed by atoms with Crippen LogP contribution in [-0.2, 0) is 6.54 Å². The van der Waals surface area contributed by atoms with E-state index in [-0.39, 0.29) is 0 Å². The van der Waals surface area contributed by atoms with Crippen LogP contribution in [0.25, 0.3) is 16.8 Å². The molecule has 122 valence electrons. The van der Waals surface area contributed by atoms with Crippen molar-refractivity contribution in [1.82, 2.24) is 4.57 Å². The molecule has 0 saturated carbocycles. The van der Waals surface area contributed by atoms with E-state index < -0.39 is 0 Å². The second-order valence-electron chi connectivity index (χ2n) is 5.96. The normalized spacial score (nSPS) is 13.3. The van der Waals surface area contributed by atoms with Crippen LogP contribution in [0.2, 0.25) is 10.0 Å². The Morgan fingerprint density at radius 3 is 2.76 bits per heavy atom. The van der Waals surface area contributed by atoms with Gasteiger partial charge >= 0.3 is 0 Å². The Kier molecular flexibility index (Phi) is 3.27. The van der Waals surface area contributed by atoms with Crippen molar-refractivity contribution in [3.8, 4) is 16.8 Å². The minimum Gasteiger partial charge on any atom is -0.472 e. The van der Waals surface area contributed by atoms with Gasteiger partial charge in [0.1, 0.15) is 0 Å². The molecule has 0 atom stereocenters. The number of benzene rings is 1. The lowest BCUT2D eigenvalue weighted by atomic mass is 10.0. The van der Waals surface area contributed by atoms with Gasteiger partial charge in [0.15, 0.2) is 0 Å². The molecule has 0 N–H and O–H groups in total. The Morgan fingerprint density at radius 1 is 0.960 bits per heavy atom. The number of hydrogen-bond donors (Lipinski definition) is 0. The van der Waals surface area contributed by atoms with Crippen molar-refractivity contribution < 1.29 is 4.42 Å². The highest BCUT2D eigenvalue weighted by molar-refractivity contribution is 6.35. The van der Waals surface area contributed by atoms with Crippen LogP contribution in [0.3, 0.4) is 0 Å². The van der Waals surface area contributed by atoms with Crippen molar-refractivity contribution in [3.63, 3.8) is 0 Å². The molecule has 3 heterocycles. The second kappa shape index (κ2) is 5.51. The van der Waals surface area contributed by atoms with Gasteiger partial charge in [0.2, 0.25) is 0 Å². The van der Waals surface area contributed by atoms with E-state index in [1.54, 1.807) is 12.5 Å². The number of hydrogen-bond acceptors (Lipinski definition) is 2. The van der Waals surface area contributed by atoms with Crippen LogP contribution < -0.4 is 0 Å². The van der Waals surface area contributed by atoms with E-state index in [4.69, 9.17) is 32.6 Å². The third-order valence-corrected chi connectivity index (χ3v) is 5.26. The van der Waals surface area contributed by atoms with Crippen LogP contribution in [0, 0.1) is 0 Å². The molecule has 0 fully saturated rings. The van der Waals surface area contributed by atoms with Gasteiger partial charge in [-0.25, -0.2) is 0 Å². The highest BCUT2D eigenvalue weighted by Crippen LogP contribution is 2.37. The zero-order chi connectivity index (χ0) is 17.0. The molecule has 3 aliphatic rings. The summed E-state index contributed by atoms with van der Waals surface area (Å²) in [7, 11) is 0. The minimum absolute atomic E-state index is 0.475. The summed E-state index contributed by atoms with van der Waals surface area (Å²) in [5, 5.41) is 1.34. The highest BCUT2D eigenvalue weighted by atomic mass is 35.5. The first-order valence-corrected chi connectivity index (χ1v) is 8.64. The topological polar surface area (TPSA) is 30.4 Å². The van der Waals surface area contributed by atoms with Crippen LogP contribution >= 0.6 is 23.2 Å². The molecule has 5 heteroatoms. The molecular weight excluding hydrogens is 355 g/mol. The maximum Gasteiger partial charge on any atom is 0.0986 e. The molecule has 0 amide bonds. The lowest BCUT2D eigenvalue weighted by Crippen LogP contribution is -2.08. The standard InChI is InChI=1S/C20H12Cl2N2O/c21-16-5-6-17(22)20-14(16)10-23-19(18-2-1-8-24(18)20)13-4-3-12-7-9-25-11-15(12)13/h1-9,11H,10H2. The Morgan fingerprint density at radius 2 is 1.84 bits per heavy atom. The first-order valence-electron chi connectivity index (χ1n) is 7.89. The van der Waals surface area contributed by atoms with Gasteiger partial charge in [-0.05, 0) is 35.9 Å². The fourth-order valence-corrected chi connectivity index (χ4v) is 3.92. The fourth-order valence-electron chi connectivity index (χ4n) is 3.44. The van der Waals surface area contributed by atoms with Crippen LogP contribution in [0.4, 0.5) is 0 Å². The lowest BCUT2D eigenvalue weighted by molar-refractivity contribution is 0.552. The van der Waals surface area contributed by atoms with Crippen molar-refractivity contribution in [1.29, 1.82) is 0 Å². The molecule has 1 aromatic carbocycles. The molecule has 1 aliphatic carbocycles. The maximum absolute atomic E-state index is 6.49. The highest BCUT2D eigenvalue weighted by Gasteiger charge is 2.24. The van der Waals surface area contributed by atoms with Crippen LogP contribution in [0.5, 0.6) is 0 Å². The van der Waals surface area contributed by atoms with Gasteiger partial charge in [-0.3, -0.25) is 4.99 Å². The smallest absolute Gasteiger partial charge is 0.0986 e. The molecule has 0 spiro atoms. The van der Waals surface area contributed by atoms with E-state index in [2.05, 4.69) is 16.7 Å². The van der Waals surface area contributed by atoms with E-state index in [9.17, 15) is 0 Å². The SMILES string of the molecule is Clc1ccc(Cl)c2c1CN=C(c1ccc3ccocc1-3)c1cccn1-2. The van der Waals surface area contributed by atoms with Gasteiger partial charge in [0.05, 0.1) is 41.2 Å². The van der Waals surface area contributed by atoms with Crippen molar-refractivity contribution in [3.05, 3.63) is 88.1 Å². The Balaban J connectivity index is 1.78. The minimum atomic E-state index is 0.475. The maximum atomic E-state index is 6.49. The van der Waals surface area contributed by atoms with E-state index >= 15 is 0 Å². The number of halogens is 2. The largest absolute Gasteiger partial charge is 0.472 e. The predicted molar refractivity (Wildman–Crippen MR) is 100 cm³/mol. The predicted octanol–water partition coefficient (Wildman–Crippen LogP) is 5.83. The summed E-state index contributed by atoms with van der Waals surface area (Å²) in [5.74, 6) is 0. The molecule has 5 rings (SSSR count). The number of aromatic nitrogens is 1. The number of fused-ring (bicyclic) bond motifs is 4. The van der Waals surface area contributed by atoms with E-state index in [0.717, 1.165) is 39.3 Å². The third kappa shape index (κ3) is 2.16. The lowest BCUT2D eigenvalue weighted by Gasteiger charge is -2.13. The van der Waals surface area contributed by atoms with Crippen molar-refractivity contribution in [2.45, 2.75) is 6.54 Å². The number of rotatable bonds is 1. The summed E-state index contributed by atoms with van der Waals surface area (Å²) in [4.78, 5) is 4.88. The Labute approximate surface area is 154 Å². The zero-order valence-electron chi connectivity index (χ0n) is 13.0. The molecule has 0 saturated heterocycles. The molecule has 2 aromatic rings. The van der Waals surface area contributed by atoms with Gasteiger partial charge in [0.25, 0.3) is 0 Å². The summed E-state index contributed by atoms with van der Waals surface area (Å²) in [5.41, 5.74) is 6.93. The molecule has 0 bridgehead atoms. The van der Waals surface area contributed by atoms with E-state index in [1.165, 1.54) is 0 Å². The first kappa shape index (κ1) is 14.8. The van der Waals surface area contributed by atoms with Crippen LogP contribution in [0.1, 0.15) is 16.8 Å². The number of nitrogens with zero attached hydrogens (tertiary/aromatic N) is 2. The summed E-state index contributed by atoms with van der Waals surface area (Å²) < 4.78 is 7.44. The van der Waals surface area contributed by atoms with Gasteiger partial charge in [-0.2, -0.15) is 0 Å². The summed E-state index contributed by atoms with van der Waals surface area (Å²) in [6.45, 7) is 0.475. The van der Waals surface area contributed by atoms with Gasteiger partial charge in [-0.15, -0.1) is 0 Å². The monoisotopic (exact) mass is 366 g/mol. The van der Waals surface area contributed by atoms with E-state index in [1.807, 2.05) is 36.5 Å². The molecular formula is C20H12Cl2N2O. The van der Waals surface area contributed by atoms with Crippen LogP contribution in [-0.4, -0.2) is 10.3 Å². The Hall–Kier alpha value is -2.49. The molecule has 3 nitrogen and oxygen atoms in total. The Bertz CT molecular complexity index is 1110. The summed E-state index contributed by atoms with van der Waals surface area (Å²) in [6.07, 6.45) is 5.43. The zero-order valence-corrected chi connectivity index (χ0v) is 14.6. The van der Waals surface area contributed by atoms with Crippen molar-refractivity contribution in [2.75, 3.05) is 0 Å². The summed E-state index contributed by atoms with van der Waals surface area (Å²) >= 11 is 12.9. The first-order chi connectivity index (χ1) is 12.2. The fraction of sp³-hybridized carbons (Fsp3) is 0.0500. The molecule has 1 aromatic heterocycles. The van der Waals surface area contributed by atoms with Crippen LogP contribution in [0.15, 0.2) is 70.6 Å². The molecule has 2 aliphatic heterocycles. The molecule has 0 unspecified atom stereocenters. The van der Waals surface area contributed by atoms with Crippen molar-refractivity contribution in [2.24, 2.45) is 4.99 Å². The summed E-state index contributed by atoms with van der Waals surface area (Å²) in [6, 6.07) is 13.8. The van der Waals surface area contributed by atoms with E-state index in [0.29, 0.717) is 16.6 Å². The molecule has 0 radical (unpaired) electrons. The molecule has 25 heavy (non-hydrogen) atoms. The van der Waals surface area contributed by atoms with Crippen molar-refractivity contribution >= 4 is 28.9 Å². The van der Waals surface area contributed by atoms with Gasteiger partial charge < -0.3 is 8.98 Å². The number of aliphatic imine (C=N–C) groups is 1. The average Bonchev–Trinajstić information content (AvgIpc) is 3.23. The third-order valence-electron chi connectivity index (χ3n) is 4.60. The second-order valence-corrected chi connectivity index (χ2v) is 6.77. The quantitative estimate of drug-likeness (QED) is 0.416. The van der Waals surface area contributed by atoms with Gasteiger partial charge in [0, 0.05) is 27.9 Å². The van der Waals surface area contributed by atoms with Gasteiger partial charge in [-0.1, -0.05) is 35.3 Å².